The van der Waals surface area contributed by atoms with Crippen LogP contribution in [0, 0.1) is 0 Å². The van der Waals surface area contributed by atoms with Gasteiger partial charge in [0.25, 0.3) is 0 Å². The van der Waals surface area contributed by atoms with Crippen LogP contribution in [0.1, 0.15) is 38.7 Å². The molecule has 0 atom stereocenters. The largest absolute Gasteiger partial charge is 0.496 e. The fraction of sp³-hybridized carbons (Fsp3) is 0.458. The van der Waals surface area contributed by atoms with Crippen LogP contribution in [0.15, 0.2) is 47.4 Å². The van der Waals surface area contributed by atoms with Gasteiger partial charge in [-0.15, -0.1) is 0 Å². The van der Waals surface area contributed by atoms with E-state index in [1.54, 1.807) is 19.2 Å². The van der Waals surface area contributed by atoms with Crippen molar-refractivity contribution in [2.45, 2.75) is 44.4 Å². The van der Waals surface area contributed by atoms with E-state index in [0.717, 1.165) is 42.9 Å². The lowest BCUT2D eigenvalue weighted by molar-refractivity contribution is -0.116. The van der Waals surface area contributed by atoms with Crippen molar-refractivity contribution in [3.63, 3.8) is 0 Å². The molecule has 0 unspecified atom stereocenters. The number of benzene rings is 2. The van der Waals surface area contributed by atoms with Crippen LogP contribution in [-0.4, -0.2) is 51.9 Å². The molecule has 0 spiro atoms. The summed E-state index contributed by atoms with van der Waals surface area (Å²) in [4.78, 5) is 15.2. The van der Waals surface area contributed by atoms with E-state index in [1.165, 1.54) is 4.31 Å². The molecule has 32 heavy (non-hydrogen) atoms. The molecule has 7 nitrogen and oxygen atoms in total. The summed E-state index contributed by atoms with van der Waals surface area (Å²) in [5, 5.41) is 2.98. The van der Waals surface area contributed by atoms with E-state index < -0.39 is 10.0 Å². The van der Waals surface area contributed by atoms with Crippen LogP contribution in [0.3, 0.4) is 0 Å². The molecule has 174 valence electrons. The van der Waals surface area contributed by atoms with E-state index >= 15 is 0 Å². The number of ether oxygens (including phenoxy) is 1. The summed E-state index contributed by atoms with van der Waals surface area (Å²) in [6, 6.07) is 12.7. The second kappa shape index (κ2) is 10.8. The first-order chi connectivity index (χ1) is 15.4. The number of aryl methyl sites for hydroxylation is 1. The number of rotatable bonds is 10. The molecular weight excluding hydrogens is 426 g/mol. The third-order valence-electron chi connectivity index (χ3n) is 5.85. The minimum atomic E-state index is -3.62. The Kier molecular flexibility index (Phi) is 8.15. The average molecular weight is 460 g/mol. The summed E-state index contributed by atoms with van der Waals surface area (Å²) in [6.07, 6.45) is 2.97. The van der Waals surface area contributed by atoms with Crippen molar-refractivity contribution in [1.29, 1.82) is 0 Å². The van der Waals surface area contributed by atoms with Gasteiger partial charge in [0.1, 0.15) is 5.75 Å². The molecule has 8 heteroatoms. The number of nitrogens with zero attached hydrogens (tertiary/aromatic N) is 2. The Morgan fingerprint density at radius 2 is 1.78 bits per heavy atom. The summed E-state index contributed by atoms with van der Waals surface area (Å²) in [5.74, 6) is 0.596. The van der Waals surface area contributed by atoms with Crippen LogP contribution < -0.4 is 15.0 Å². The SMILES string of the molecule is CCN(CC)S(=O)(=O)c1ccc(N2CCCC2)c(NC(=O)CCc2ccccc2OC)c1. The number of para-hydroxylation sites is 1. The Hall–Kier alpha value is -2.58. The van der Waals surface area contributed by atoms with Crippen LogP contribution in [0.4, 0.5) is 11.4 Å². The number of amides is 1. The first-order valence-corrected chi connectivity index (χ1v) is 12.7. The maximum Gasteiger partial charge on any atom is 0.243 e. The molecule has 1 amide bonds. The fourth-order valence-corrected chi connectivity index (χ4v) is 5.58. The van der Waals surface area contributed by atoms with Gasteiger partial charge in [-0.2, -0.15) is 4.31 Å². The van der Waals surface area contributed by atoms with Gasteiger partial charge in [-0.05, 0) is 49.1 Å². The first-order valence-electron chi connectivity index (χ1n) is 11.2. The van der Waals surface area contributed by atoms with Crippen LogP contribution in [0.5, 0.6) is 5.75 Å². The zero-order chi connectivity index (χ0) is 23.1. The van der Waals surface area contributed by atoms with Gasteiger partial charge in [0, 0.05) is 32.6 Å². The Bertz CT molecular complexity index is 1030. The third-order valence-corrected chi connectivity index (χ3v) is 7.89. The zero-order valence-electron chi connectivity index (χ0n) is 19.1. The van der Waals surface area contributed by atoms with Crippen molar-refractivity contribution in [2.24, 2.45) is 0 Å². The number of methoxy groups -OCH3 is 1. The van der Waals surface area contributed by atoms with Gasteiger partial charge in [0.05, 0.1) is 23.4 Å². The van der Waals surface area contributed by atoms with Crippen LogP contribution in [0.25, 0.3) is 0 Å². The lowest BCUT2D eigenvalue weighted by Crippen LogP contribution is -2.31. The third kappa shape index (κ3) is 5.42. The lowest BCUT2D eigenvalue weighted by atomic mass is 10.1. The van der Waals surface area contributed by atoms with Crippen molar-refractivity contribution >= 4 is 27.3 Å². The highest BCUT2D eigenvalue weighted by Crippen LogP contribution is 2.32. The van der Waals surface area contributed by atoms with Gasteiger partial charge in [0.2, 0.25) is 15.9 Å². The summed E-state index contributed by atoms with van der Waals surface area (Å²) in [7, 11) is -2.00. The fourth-order valence-electron chi connectivity index (χ4n) is 4.09. The zero-order valence-corrected chi connectivity index (χ0v) is 20.0. The van der Waals surface area contributed by atoms with Crippen LogP contribution >= 0.6 is 0 Å². The van der Waals surface area contributed by atoms with Gasteiger partial charge in [-0.3, -0.25) is 4.79 Å². The minimum absolute atomic E-state index is 0.159. The molecule has 2 aromatic rings. The second-order valence-corrected chi connectivity index (χ2v) is 9.76. The van der Waals surface area contributed by atoms with Crippen molar-refractivity contribution in [1.82, 2.24) is 4.31 Å². The molecule has 0 bridgehead atoms. The molecule has 1 saturated heterocycles. The highest BCUT2D eigenvalue weighted by atomic mass is 32.2. The predicted molar refractivity (Wildman–Crippen MR) is 128 cm³/mol. The Labute approximate surface area is 191 Å². The van der Waals surface area contributed by atoms with Gasteiger partial charge >= 0.3 is 0 Å². The second-order valence-electron chi connectivity index (χ2n) is 7.82. The normalized spacial score (nSPS) is 14.1. The van der Waals surface area contributed by atoms with Crippen molar-refractivity contribution in [2.75, 3.05) is 43.5 Å². The monoisotopic (exact) mass is 459 g/mol. The average Bonchev–Trinajstić information content (AvgIpc) is 3.33. The van der Waals surface area contributed by atoms with E-state index in [-0.39, 0.29) is 17.2 Å². The number of hydrogen-bond donors (Lipinski definition) is 1. The molecule has 1 aliphatic rings. The minimum Gasteiger partial charge on any atom is -0.496 e. The van der Waals surface area contributed by atoms with Crippen molar-refractivity contribution in [3.8, 4) is 5.75 Å². The van der Waals surface area contributed by atoms with Gasteiger partial charge in [-0.1, -0.05) is 32.0 Å². The molecule has 0 radical (unpaired) electrons. The number of anilines is 2. The van der Waals surface area contributed by atoms with E-state index in [2.05, 4.69) is 10.2 Å². The molecule has 0 aromatic heterocycles. The number of carbonyl (C=O) groups excluding carboxylic acids is 1. The van der Waals surface area contributed by atoms with E-state index in [0.29, 0.717) is 25.2 Å². The summed E-state index contributed by atoms with van der Waals surface area (Å²) < 4.78 is 32.9. The predicted octanol–water partition coefficient (Wildman–Crippen LogP) is 3.90. The van der Waals surface area contributed by atoms with Crippen LogP contribution in [0.2, 0.25) is 0 Å². The highest BCUT2D eigenvalue weighted by Gasteiger charge is 2.25. The Balaban J connectivity index is 1.84. The van der Waals surface area contributed by atoms with E-state index in [4.69, 9.17) is 4.74 Å². The molecular formula is C24H33N3O4S. The molecule has 1 aliphatic heterocycles. The summed E-state index contributed by atoms with van der Waals surface area (Å²) in [5.41, 5.74) is 2.37. The molecule has 0 aliphatic carbocycles. The smallest absolute Gasteiger partial charge is 0.243 e. The lowest BCUT2D eigenvalue weighted by Gasteiger charge is -2.24. The van der Waals surface area contributed by atoms with Gasteiger partial charge in [0.15, 0.2) is 0 Å². The number of carbonyl (C=O) groups is 1. The van der Waals surface area contributed by atoms with Crippen molar-refractivity contribution < 1.29 is 17.9 Å². The standard InChI is InChI=1S/C24H33N3O4S/c1-4-27(5-2)32(29,30)20-13-14-22(26-16-8-9-17-26)21(18-20)25-24(28)15-12-19-10-6-7-11-23(19)31-3/h6-7,10-11,13-14,18H,4-5,8-9,12,15-17H2,1-3H3,(H,25,28). The summed E-state index contributed by atoms with van der Waals surface area (Å²) in [6.45, 7) is 6.22. The molecule has 1 fully saturated rings. The molecule has 3 rings (SSSR count). The number of sulfonamides is 1. The highest BCUT2D eigenvalue weighted by molar-refractivity contribution is 7.89. The van der Waals surface area contributed by atoms with Crippen molar-refractivity contribution in [3.05, 3.63) is 48.0 Å². The number of nitrogens with one attached hydrogen (secondary N) is 1. The van der Waals surface area contributed by atoms with Crippen LogP contribution in [-0.2, 0) is 21.2 Å². The quantitative estimate of drug-likeness (QED) is 0.583. The molecule has 2 aromatic carbocycles. The molecule has 1 heterocycles. The first kappa shape index (κ1) is 24.1. The topological polar surface area (TPSA) is 79.0 Å². The molecule has 1 N–H and O–H groups in total. The Morgan fingerprint density at radius 1 is 1.09 bits per heavy atom. The van der Waals surface area contributed by atoms with Gasteiger partial charge in [-0.25, -0.2) is 8.42 Å². The van der Waals surface area contributed by atoms with E-state index in [1.807, 2.05) is 44.2 Å². The maximum atomic E-state index is 13.0. The van der Waals surface area contributed by atoms with Gasteiger partial charge < -0.3 is 15.0 Å². The molecule has 0 saturated carbocycles. The Morgan fingerprint density at radius 3 is 2.44 bits per heavy atom. The number of hydrogen-bond acceptors (Lipinski definition) is 5. The summed E-state index contributed by atoms with van der Waals surface area (Å²) >= 11 is 0. The van der Waals surface area contributed by atoms with E-state index in [9.17, 15) is 13.2 Å². The maximum absolute atomic E-state index is 13.0.